The Hall–Kier alpha value is -2.95. The molecule has 0 spiro atoms. The first kappa shape index (κ1) is 14.0. The minimum Gasteiger partial charge on any atom is -0.465 e. The standard InChI is InChI=1S/C17H14N2O3/c1-22-17(21)13-4-5-16-15(7-13)14(11-20)10-19(16)9-12-3-2-6-18-8-12/h2-8,10-11H,9H2,1H3. The molecule has 5 heteroatoms. The first-order valence-corrected chi connectivity index (χ1v) is 6.78. The smallest absolute Gasteiger partial charge is 0.337 e. The van der Waals surface area contributed by atoms with Crippen LogP contribution in [-0.2, 0) is 11.3 Å². The van der Waals surface area contributed by atoms with Gasteiger partial charge in [0.1, 0.15) is 0 Å². The van der Waals surface area contributed by atoms with Gasteiger partial charge in [0.25, 0.3) is 0 Å². The van der Waals surface area contributed by atoms with Crippen molar-refractivity contribution in [3.05, 3.63) is 65.6 Å². The van der Waals surface area contributed by atoms with Crippen molar-refractivity contribution >= 4 is 23.2 Å². The van der Waals surface area contributed by atoms with Gasteiger partial charge in [0, 0.05) is 41.6 Å². The maximum absolute atomic E-state index is 11.6. The second-order valence-corrected chi connectivity index (χ2v) is 4.91. The molecule has 0 aliphatic rings. The third-order valence-electron chi connectivity index (χ3n) is 3.54. The summed E-state index contributed by atoms with van der Waals surface area (Å²) in [7, 11) is 1.33. The zero-order valence-electron chi connectivity index (χ0n) is 12.0. The molecule has 110 valence electrons. The van der Waals surface area contributed by atoms with Crippen LogP contribution in [0.4, 0.5) is 0 Å². The molecule has 3 aromatic rings. The van der Waals surface area contributed by atoms with E-state index in [1.165, 1.54) is 7.11 Å². The lowest BCUT2D eigenvalue weighted by Gasteiger charge is -2.05. The molecule has 1 aromatic carbocycles. The van der Waals surface area contributed by atoms with E-state index in [1.54, 1.807) is 30.7 Å². The Morgan fingerprint density at radius 1 is 1.36 bits per heavy atom. The number of hydrogen-bond acceptors (Lipinski definition) is 4. The average molecular weight is 294 g/mol. The fourth-order valence-electron chi connectivity index (χ4n) is 2.48. The van der Waals surface area contributed by atoms with Crippen LogP contribution < -0.4 is 0 Å². The zero-order valence-corrected chi connectivity index (χ0v) is 12.0. The number of pyridine rings is 1. The Labute approximate surface area is 127 Å². The van der Waals surface area contributed by atoms with Gasteiger partial charge < -0.3 is 9.30 Å². The van der Waals surface area contributed by atoms with Gasteiger partial charge in [0.05, 0.1) is 12.7 Å². The highest BCUT2D eigenvalue weighted by atomic mass is 16.5. The van der Waals surface area contributed by atoms with Crippen molar-refractivity contribution in [3.8, 4) is 0 Å². The van der Waals surface area contributed by atoms with E-state index in [-0.39, 0.29) is 0 Å². The van der Waals surface area contributed by atoms with E-state index in [0.29, 0.717) is 17.7 Å². The third-order valence-corrected chi connectivity index (χ3v) is 3.54. The molecule has 5 nitrogen and oxygen atoms in total. The number of hydrogen-bond donors (Lipinski definition) is 0. The molecular weight excluding hydrogens is 280 g/mol. The molecule has 2 aromatic heterocycles. The molecule has 3 rings (SSSR count). The highest BCUT2D eigenvalue weighted by Crippen LogP contribution is 2.23. The van der Waals surface area contributed by atoms with E-state index in [0.717, 1.165) is 22.8 Å². The van der Waals surface area contributed by atoms with Crippen LogP contribution in [0, 0.1) is 0 Å². The number of rotatable bonds is 4. The average Bonchev–Trinajstić information content (AvgIpc) is 2.92. The van der Waals surface area contributed by atoms with Crippen LogP contribution in [-0.4, -0.2) is 28.9 Å². The van der Waals surface area contributed by atoms with Gasteiger partial charge in [-0.2, -0.15) is 0 Å². The number of methoxy groups -OCH3 is 1. The Kier molecular flexibility index (Phi) is 3.70. The molecule has 0 unspecified atom stereocenters. The summed E-state index contributed by atoms with van der Waals surface area (Å²) in [5.41, 5.74) is 2.90. The van der Waals surface area contributed by atoms with E-state index in [2.05, 4.69) is 4.98 Å². The third kappa shape index (κ3) is 2.48. The summed E-state index contributed by atoms with van der Waals surface area (Å²) >= 11 is 0. The molecule has 0 bridgehead atoms. The van der Waals surface area contributed by atoms with Crippen molar-refractivity contribution in [1.29, 1.82) is 0 Å². The molecule has 0 aliphatic carbocycles. The predicted octanol–water partition coefficient (Wildman–Crippen LogP) is 2.68. The molecule has 0 radical (unpaired) electrons. The summed E-state index contributed by atoms with van der Waals surface area (Å²) in [6, 6.07) is 9.05. The number of carbonyl (C=O) groups excluding carboxylic acids is 2. The quantitative estimate of drug-likeness (QED) is 0.548. The minimum absolute atomic E-state index is 0.418. The maximum atomic E-state index is 11.6. The van der Waals surface area contributed by atoms with Crippen LogP contribution in [0.3, 0.4) is 0 Å². The van der Waals surface area contributed by atoms with Gasteiger partial charge in [0.15, 0.2) is 6.29 Å². The number of nitrogens with zero attached hydrogens (tertiary/aromatic N) is 2. The number of benzene rings is 1. The fraction of sp³-hybridized carbons (Fsp3) is 0.118. The van der Waals surface area contributed by atoms with Gasteiger partial charge in [-0.05, 0) is 29.8 Å². The maximum Gasteiger partial charge on any atom is 0.337 e. The summed E-state index contributed by atoms with van der Waals surface area (Å²) in [6.45, 7) is 0.607. The molecule has 0 amide bonds. The monoisotopic (exact) mass is 294 g/mol. The van der Waals surface area contributed by atoms with Crippen molar-refractivity contribution in [2.75, 3.05) is 7.11 Å². The Morgan fingerprint density at radius 3 is 2.91 bits per heavy atom. The van der Waals surface area contributed by atoms with E-state index >= 15 is 0 Å². The van der Waals surface area contributed by atoms with E-state index in [9.17, 15) is 9.59 Å². The summed E-state index contributed by atoms with van der Waals surface area (Å²) < 4.78 is 6.69. The van der Waals surface area contributed by atoms with Crippen molar-refractivity contribution in [3.63, 3.8) is 0 Å². The SMILES string of the molecule is COC(=O)c1ccc2c(c1)c(C=O)cn2Cc1cccnc1. The van der Waals surface area contributed by atoms with Crippen molar-refractivity contribution in [1.82, 2.24) is 9.55 Å². The van der Waals surface area contributed by atoms with Gasteiger partial charge in [-0.3, -0.25) is 9.78 Å². The van der Waals surface area contributed by atoms with E-state index in [1.807, 2.05) is 22.8 Å². The number of aldehydes is 1. The van der Waals surface area contributed by atoms with Crippen LogP contribution in [0.1, 0.15) is 26.3 Å². The van der Waals surface area contributed by atoms with Crippen LogP contribution in [0.15, 0.2) is 48.9 Å². The summed E-state index contributed by atoms with van der Waals surface area (Å²) in [4.78, 5) is 27.0. The second-order valence-electron chi connectivity index (χ2n) is 4.91. The van der Waals surface area contributed by atoms with Gasteiger partial charge in [0.2, 0.25) is 0 Å². The van der Waals surface area contributed by atoms with Crippen LogP contribution in [0.25, 0.3) is 10.9 Å². The van der Waals surface area contributed by atoms with Crippen molar-refractivity contribution in [2.45, 2.75) is 6.54 Å². The molecule has 0 N–H and O–H groups in total. The van der Waals surface area contributed by atoms with Crippen molar-refractivity contribution in [2.24, 2.45) is 0 Å². The molecule has 22 heavy (non-hydrogen) atoms. The summed E-state index contributed by atoms with van der Waals surface area (Å²) in [6.07, 6.45) is 6.08. The first-order valence-electron chi connectivity index (χ1n) is 6.78. The van der Waals surface area contributed by atoms with Gasteiger partial charge in [-0.25, -0.2) is 4.79 Å². The lowest BCUT2D eigenvalue weighted by molar-refractivity contribution is 0.0601. The largest absolute Gasteiger partial charge is 0.465 e. The Balaban J connectivity index is 2.08. The van der Waals surface area contributed by atoms with Gasteiger partial charge in [-0.1, -0.05) is 6.07 Å². The van der Waals surface area contributed by atoms with E-state index < -0.39 is 5.97 Å². The predicted molar refractivity (Wildman–Crippen MR) is 82.0 cm³/mol. The minimum atomic E-state index is -0.418. The van der Waals surface area contributed by atoms with Crippen LogP contribution in [0.5, 0.6) is 0 Å². The summed E-state index contributed by atoms with van der Waals surface area (Å²) in [5.74, 6) is -0.418. The first-order chi connectivity index (χ1) is 10.7. The van der Waals surface area contributed by atoms with Gasteiger partial charge >= 0.3 is 5.97 Å². The number of aromatic nitrogens is 2. The second kappa shape index (κ2) is 5.81. The van der Waals surface area contributed by atoms with Gasteiger partial charge in [-0.15, -0.1) is 0 Å². The number of ether oxygens (including phenoxy) is 1. The lowest BCUT2D eigenvalue weighted by atomic mass is 10.1. The highest BCUT2D eigenvalue weighted by molar-refractivity contribution is 6.01. The molecule has 2 heterocycles. The number of fused-ring (bicyclic) bond motifs is 1. The topological polar surface area (TPSA) is 61.2 Å². The molecule has 0 fully saturated rings. The Morgan fingerprint density at radius 2 is 2.23 bits per heavy atom. The van der Waals surface area contributed by atoms with Crippen molar-refractivity contribution < 1.29 is 14.3 Å². The molecular formula is C17H14N2O3. The highest BCUT2D eigenvalue weighted by Gasteiger charge is 2.12. The number of esters is 1. The summed E-state index contributed by atoms with van der Waals surface area (Å²) in [5, 5.41) is 0.738. The lowest BCUT2D eigenvalue weighted by Crippen LogP contribution is -2.01. The molecule has 0 saturated heterocycles. The zero-order chi connectivity index (χ0) is 15.5. The number of carbonyl (C=O) groups is 2. The van der Waals surface area contributed by atoms with E-state index in [4.69, 9.17) is 4.74 Å². The molecule has 0 atom stereocenters. The van der Waals surface area contributed by atoms with Crippen LogP contribution >= 0.6 is 0 Å². The van der Waals surface area contributed by atoms with Crippen LogP contribution in [0.2, 0.25) is 0 Å². The Bertz CT molecular complexity index is 838. The molecule has 0 aliphatic heterocycles. The fourth-order valence-corrected chi connectivity index (χ4v) is 2.48. The molecule has 0 saturated carbocycles. The normalized spacial score (nSPS) is 10.6.